The zero-order chi connectivity index (χ0) is 23.4. The maximum Gasteiger partial charge on any atom is 0.145 e. The standard InChI is InChI=1S/C28H23ClF3N/c1-2-3-4-5-18-7-13-26(33-17-18)22-11-12-23-21(16-22)10-9-20(28(23)32)8-6-19-14-24(30)27(29)25(31)15-19/h2-3,7,9-17H,4-6,8H2,1H3/b3-2+. The molecule has 0 bridgehead atoms. The molecule has 33 heavy (non-hydrogen) atoms. The van der Waals surface area contributed by atoms with E-state index in [0.717, 1.165) is 29.5 Å². The number of hydrogen-bond acceptors (Lipinski definition) is 1. The van der Waals surface area contributed by atoms with E-state index in [2.05, 4.69) is 17.1 Å². The van der Waals surface area contributed by atoms with Gasteiger partial charge in [0.05, 0.1) is 5.69 Å². The molecule has 0 saturated heterocycles. The SMILES string of the molecule is C/C=C/CCc1ccc(-c2ccc3c(F)c(CCc4cc(F)c(Cl)c(F)c4)ccc3c2)nc1. The fourth-order valence-electron chi connectivity index (χ4n) is 3.88. The van der Waals surface area contributed by atoms with Gasteiger partial charge in [-0.25, -0.2) is 13.2 Å². The summed E-state index contributed by atoms with van der Waals surface area (Å²) in [6.45, 7) is 2.01. The van der Waals surface area contributed by atoms with Gasteiger partial charge in [-0.05, 0) is 78.9 Å². The van der Waals surface area contributed by atoms with Crippen LogP contribution in [0.25, 0.3) is 22.0 Å². The summed E-state index contributed by atoms with van der Waals surface area (Å²) in [5.41, 5.74) is 3.86. The van der Waals surface area contributed by atoms with Gasteiger partial charge in [0, 0.05) is 17.1 Å². The highest BCUT2D eigenvalue weighted by molar-refractivity contribution is 6.30. The number of hydrogen-bond donors (Lipinski definition) is 0. The molecular weight excluding hydrogens is 443 g/mol. The minimum absolute atomic E-state index is 0.301. The average molecular weight is 466 g/mol. The van der Waals surface area contributed by atoms with Crippen molar-refractivity contribution >= 4 is 22.4 Å². The molecule has 168 valence electrons. The summed E-state index contributed by atoms with van der Waals surface area (Å²) in [5.74, 6) is -1.93. The van der Waals surface area contributed by atoms with Crippen molar-refractivity contribution < 1.29 is 13.2 Å². The highest BCUT2D eigenvalue weighted by Crippen LogP contribution is 2.28. The van der Waals surface area contributed by atoms with E-state index in [4.69, 9.17) is 11.6 Å². The molecule has 4 rings (SSSR count). The summed E-state index contributed by atoms with van der Waals surface area (Å²) >= 11 is 5.53. The Kier molecular flexibility index (Phi) is 7.14. The van der Waals surface area contributed by atoms with Crippen LogP contribution in [0.5, 0.6) is 0 Å². The lowest BCUT2D eigenvalue weighted by Crippen LogP contribution is -1.98. The van der Waals surface area contributed by atoms with Gasteiger partial charge < -0.3 is 0 Å². The molecule has 0 radical (unpaired) electrons. The summed E-state index contributed by atoms with van der Waals surface area (Å²) in [6.07, 6.45) is 8.60. The van der Waals surface area contributed by atoms with E-state index >= 15 is 4.39 Å². The minimum Gasteiger partial charge on any atom is -0.256 e. The average Bonchev–Trinajstić information content (AvgIpc) is 2.82. The lowest BCUT2D eigenvalue weighted by Gasteiger charge is -2.10. The first-order valence-corrected chi connectivity index (χ1v) is 11.2. The highest BCUT2D eigenvalue weighted by atomic mass is 35.5. The van der Waals surface area contributed by atoms with Crippen LogP contribution in [0.4, 0.5) is 13.2 Å². The van der Waals surface area contributed by atoms with E-state index < -0.39 is 16.7 Å². The molecule has 0 spiro atoms. The van der Waals surface area contributed by atoms with Crippen LogP contribution < -0.4 is 0 Å². The van der Waals surface area contributed by atoms with E-state index in [1.165, 1.54) is 17.7 Å². The predicted molar refractivity (Wildman–Crippen MR) is 129 cm³/mol. The summed E-state index contributed by atoms with van der Waals surface area (Å²) in [4.78, 5) is 4.57. The number of halogens is 4. The van der Waals surface area contributed by atoms with Gasteiger partial charge in [-0.2, -0.15) is 0 Å². The van der Waals surface area contributed by atoms with Gasteiger partial charge in [0.25, 0.3) is 0 Å². The molecule has 0 aliphatic rings. The zero-order valence-corrected chi connectivity index (χ0v) is 19.0. The zero-order valence-electron chi connectivity index (χ0n) is 18.2. The number of nitrogens with zero attached hydrogens (tertiary/aromatic N) is 1. The van der Waals surface area contributed by atoms with Crippen LogP contribution in [0.3, 0.4) is 0 Å². The summed E-state index contributed by atoms with van der Waals surface area (Å²) < 4.78 is 42.5. The largest absolute Gasteiger partial charge is 0.256 e. The molecule has 1 nitrogen and oxygen atoms in total. The van der Waals surface area contributed by atoms with Gasteiger partial charge in [-0.1, -0.05) is 54.1 Å². The maximum atomic E-state index is 15.1. The molecule has 0 N–H and O–H groups in total. The first-order chi connectivity index (χ1) is 16.0. The van der Waals surface area contributed by atoms with Crippen molar-refractivity contribution in [3.8, 4) is 11.3 Å². The second-order valence-electron chi connectivity index (χ2n) is 8.01. The highest BCUT2D eigenvalue weighted by Gasteiger charge is 2.12. The Labute approximate surface area is 196 Å². The molecule has 0 aliphatic heterocycles. The van der Waals surface area contributed by atoms with E-state index in [-0.39, 0.29) is 5.82 Å². The second-order valence-corrected chi connectivity index (χ2v) is 8.39. The Morgan fingerprint density at radius 2 is 1.64 bits per heavy atom. The Bertz CT molecular complexity index is 1290. The minimum atomic E-state index is -0.808. The molecule has 1 heterocycles. The molecule has 0 saturated carbocycles. The molecule has 0 fully saturated rings. The van der Waals surface area contributed by atoms with E-state index in [1.54, 1.807) is 12.1 Å². The van der Waals surface area contributed by atoms with Crippen LogP contribution in [0, 0.1) is 17.5 Å². The Balaban J connectivity index is 1.52. The Morgan fingerprint density at radius 1 is 0.848 bits per heavy atom. The van der Waals surface area contributed by atoms with Crippen molar-refractivity contribution in [1.82, 2.24) is 4.98 Å². The van der Waals surface area contributed by atoms with Crippen molar-refractivity contribution in [3.05, 3.63) is 112 Å². The number of benzene rings is 3. The van der Waals surface area contributed by atoms with Crippen molar-refractivity contribution in [3.63, 3.8) is 0 Å². The normalized spacial score (nSPS) is 11.5. The smallest absolute Gasteiger partial charge is 0.145 e. The summed E-state index contributed by atoms with van der Waals surface area (Å²) in [6, 6.07) is 15.6. The fraction of sp³-hybridized carbons (Fsp3) is 0.179. The van der Waals surface area contributed by atoms with Gasteiger partial charge in [0.15, 0.2) is 0 Å². The summed E-state index contributed by atoms with van der Waals surface area (Å²) in [7, 11) is 0. The topological polar surface area (TPSA) is 12.9 Å². The first kappa shape index (κ1) is 23.1. The number of fused-ring (bicyclic) bond motifs is 1. The van der Waals surface area contributed by atoms with Gasteiger partial charge in [0.2, 0.25) is 0 Å². The number of pyridine rings is 1. The van der Waals surface area contributed by atoms with Gasteiger partial charge in [0.1, 0.15) is 22.5 Å². The molecular formula is C28H23ClF3N. The lowest BCUT2D eigenvalue weighted by molar-refractivity contribution is 0.579. The number of rotatable bonds is 7. The molecule has 3 aromatic carbocycles. The van der Waals surface area contributed by atoms with E-state index in [9.17, 15) is 8.78 Å². The van der Waals surface area contributed by atoms with Crippen LogP contribution in [0.2, 0.25) is 5.02 Å². The molecule has 0 aliphatic carbocycles. The maximum absolute atomic E-state index is 15.1. The van der Waals surface area contributed by atoms with Crippen LogP contribution >= 0.6 is 11.6 Å². The first-order valence-electron chi connectivity index (χ1n) is 10.9. The van der Waals surface area contributed by atoms with E-state index in [1.807, 2.05) is 43.5 Å². The second kappa shape index (κ2) is 10.2. The van der Waals surface area contributed by atoms with E-state index in [0.29, 0.717) is 29.4 Å². The Morgan fingerprint density at radius 3 is 2.33 bits per heavy atom. The number of aryl methyl sites for hydroxylation is 3. The number of aromatic nitrogens is 1. The van der Waals surface area contributed by atoms with Gasteiger partial charge in [-0.15, -0.1) is 0 Å². The summed E-state index contributed by atoms with van der Waals surface area (Å²) in [5, 5.41) is 0.758. The molecule has 0 unspecified atom stereocenters. The van der Waals surface area contributed by atoms with Gasteiger partial charge >= 0.3 is 0 Å². The predicted octanol–water partition coefficient (Wildman–Crippen LogP) is 8.27. The number of allylic oxidation sites excluding steroid dienone is 2. The lowest BCUT2D eigenvalue weighted by atomic mass is 9.98. The van der Waals surface area contributed by atoms with Crippen LogP contribution in [0.15, 0.2) is 72.9 Å². The monoisotopic (exact) mass is 465 g/mol. The molecule has 4 aromatic rings. The van der Waals surface area contributed by atoms with Crippen LogP contribution in [0.1, 0.15) is 30.0 Å². The van der Waals surface area contributed by atoms with Crippen LogP contribution in [-0.4, -0.2) is 4.98 Å². The molecule has 1 aromatic heterocycles. The quantitative estimate of drug-likeness (QED) is 0.198. The molecule has 5 heteroatoms. The van der Waals surface area contributed by atoms with Crippen molar-refractivity contribution in [2.45, 2.75) is 32.6 Å². The third-order valence-electron chi connectivity index (χ3n) is 5.72. The van der Waals surface area contributed by atoms with Crippen LogP contribution in [-0.2, 0) is 19.3 Å². The Hall–Kier alpha value is -3.11. The fourth-order valence-corrected chi connectivity index (χ4v) is 3.99. The third kappa shape index (κ3) is 5.28. The van der Waals surface area contributed by atoms with Crippen molar-refractivity contribution in [2.75, 3.05) is 0 Å². The third-order valence-corrected chi connectivity index (χ3v) is 6.08. The van der Waals surface area contributed by atoms with Gasteiger partial charge in [-0.3, -0.25) is 4.98 Å². The molecule has 0 atom stereocenters. The molecule has 0 amide bonds. The van der Waals surface area contributed by atoms with Crippen molar-refractivity contribution in [2.24, 2.45) is 0 Å². The van der Waals surface area contributed by atoms with Crippen molar-refractivity contribution in [1.29, 1.82) is 0 Å².